The summed E-state index contributed by atoms with van der Waals surface area (Å²) in [4.78, 5) is 8.66. The first-order valence-corrected chi connectivity index (χ1v) is 5.11. The Bertz CT molecular complexity index is 335. The van der Waals surface area contributed by atoms with Crippen LogP contribution in [0.15, 0.2) is 0 Å². The average molecular weight is 209 g/mol. The molecular weight excluding hydrogens is 190 g/mol. The summed E-state index contributed by atoms with van der Waals surface area (Å²) in [6.45, 7) is 4.01. The van der Waals surface area contributed by atoms with E-state index in [9.17, 15) is 0 Å². The molecule has 0 bridgehead atoms. The number of hydrogen-bond acceptors (Lipinski definition) is 5. The molecule has 3 N–H and O–H groups in total. The van der Waals surface area contributed by atoms with Crippen molar-refractivity contribution in [1.82, 2.24) is 15.0 Å². The van der Waals surface area contributed by atoms with Gasteiger partial charge in [0.2, 0.25) is 0 Å². The van der Waals surface area contributed by atoms with Crippen LogP contribution in [0.2, 0.25) is 0 Å². The third-order valence-corrected chi connectivity index (χ3v) is 2.03. The normalized spacial score (nSPS) is 10.7. The minimum Gasteiger partial charge on any atom is -0.383 e. The van der Waals surface area contributed by atoms with Crippen molar-refractivity contribution < 1.29 is 0 Å². The van der Waals surface area contributed by atoms with Crippen LogP contribution in [0.25, 0.3) is 0 Å². The van der Waals surface area contributed by atoms with Crippen molar-refractivity contribution in [2.45, 2.75) is 26.7 Å². The Labute approximate surface area is 90.7 Å². The highest BCUT2D eigenvalue weighted by Crippen LogP contribution is 2.17. The van der Waals surface area contributed by atoms with Gasteiger partial charge in [-0.3, -0.25) is 0 Å². The minimum absolute atomic E-state index is 0.554. The second-order valence-corrected chi connectivity index (χ2v) is 3.75. The lowest BCUT2D eigenvalue weighted by atomic mass is 10.2. The molecule has 0 spiro atoms. The summed E-state index contributed by atoms with van der Waals surface area (Å²) in [5.41, 5.74) is 9.82. The van der Waals surface area contributed by atoms with Crippen LogP contribution < -0.4 is 11.2 Å². The molecule has 0 aliphatic rings. The molecule has 1 rings (SSSR count). The molecular formula is C10H19N5. The maximum Gasteiger partial charge on any atom is 0.149 e. The Morgan fingerprint density at radius 3 is 2.53 bits per heavy atom. The third-order valence-electron chi connectivity index (χ3n) is 2.03. The first kappa shape index (κ1) is 11.7. The van der Waals surface area contributed by atoms with E-state index >= 15 is 0 Å². The van der Waals surface area contributed by atoms with Crippen LogP contribution in [0.5, 0.6) is 0 Å². The van der Waals surface area contributed by atoms with Gasteiger partial charge in [0.15, 0.2) is 0 Å². The van der Waals surface area contributed by atoms with Gasteiger partial charge in [-0.15, -0.1) is 0 Å². The van der Waals surface area contributed by atoms with Gasteiger partial charge in [-0.25, -0.2) is 15.0 Å². The first-order chi connectivity index (χ1) is 7.04. The molecule has 1 heterocycles. The molecule has 1 aromatic rings. The van der Waals surface area contributed by atoms with Gasteiger partial charge in [0.1, 0.15) is 17.5 Å². The highest BCUT2D eigenvalue weighted by atomic mass is 15.5. The quantitative estimate of drug-likeness (QED) is 0.729. The fourth-order valence-electron chi connectivity index (χ4n) is 1.24. The van der Waals surface area contributed by atoms with E-state index in [1.807, 2.05) is 26.0 Å². The average Bonchev–Trinajstić information content (AvgIpc) is 2.13. The van der Waals surface area contributed by atoms with Gasteiger partial charge in [0, 0.05) is 26.1 Å². The first-order valence-electron chi connectivity index (χ1n) is 5.11. The number of anilines is 2. The molecule has 0 aliphatic carbocycles. The van der Waals surface area contributed by atoms with Crippen molar-refractivity contribution in [1.29, 1.82) is 0 Å². The Kier molecular flexibility index (Phi) is 3.85. The highest BCUT2D eigenvalue weighted by molar-refractivity contribution is 5.54. The van der Waals surface area contributed by atoms with Gasteiger partial charge >= 0.3 is 0 Å². The zero-order chi connectivity index (χ0) is 11.4. The van der Waals surface area contributed by atoms with Crippen LogP contribution in [0.4, 0.5) is 11.6 Å². The second kappa shape index (κ2) is 4.93. The molecule has 0 unspecified atom stereocenters. The van der Waals surface area contributed by atoms with Crippen LogP contribution in [0.3, 0.4) is 0 Å². The second-order valence-electron chi connectivity index (χ2n) is 3.75. The van der Waals surface area contributed by atoms with Crippen LogP contribution in [0.1, 0.15) is 24.7 Å². The number of rotatable bonds is 4. The summed E-state index contributed by atoms with van der Waals surface area (Å²) < 4.78 is 0. The van der Waals surface area contributed by atoms with E-state index in [4.69, 9.17) is 5.73 Å². The molecule has 0 aromatic carbocycles. The van der Waals surface area contributed by atoms with Gasteiger partial charge in [0.25, 0.3) is 0 Å². The minimum atomic E-state index is 0.554. The van der Waals surface area contributed by atoms with E-state index in [1.54, 1.807) is 0 Å². The largest absolute Gasteiger partial charge is 0.383 e. The molecule has 84 valence electrons. The topological polar surface area (TPSA) is 67.1 Å². The monoisotopic (exact) mass is 209 g/mol. The van der Waals surface area contributed by atoms with Gasteiger partial charge in [-0.2, -0.15) is 0 Å². The molecule has 0 fully saturated rings. The molecule has 0 atom stereocenters. The third kappa shape index (κ3) is 3.06. The number of nitrogens with one attached hydrogen (secondary N) is 1. The van der Waals surface area contributed by atoms with Crippen molar-refractivity contribution in [3.05, 3.63) is 11.4 Å². The molecule has 0 radical (unpaired) electrons. The van der Waals surface area contributed by atoms with E-state index in [2.05, 4.69) is 22.3 Å². The van der Waals surface area contributed by atoms with Gasteiger partial charge < -0.3 is 11.2 Å². The molecule has 15 heavy (non-hydrogen) atoms. The molecule has 5 heteroatoms. The van der Waals surface area contributed by atoms with Crippen molar-refractivity contribution in [2.24, 2.45) is 0 Å². The van der Waals surface area contributed by atoms with Crippen molar-refractivity contribution >= 4 is 11.6 Å². The predicted octanol–water partition coefficient (Wildman–Crippen LogP) is 1.21. The highest BCUT2D eigenvalue weighted by Gasteiger charge is 2.08. The van der Waals surface area contributed by atoms with Crippen LogP contribution in [0, 0.1) is 6.92 Å². The Morgan fingerprint density at radius 2 is 2.00 bits per heavy atom. The maximum absolute atomic E-state index is 5.82. The lowest BCUT2D eigenvalue weighted by Gasteiger charge is -2.16. The van der Waals surface area contributed by atoms with E-state index in [0.717, 1.165) is 30.0 Å². The van der Waals surface area contributed by atoms with E-state index in [1.165, 1.54) is 0 Å². The number of hydrazine groups is 1. The molecule has 0 amide bonds. The van der Waals surface area contributed by atoms with Crippen molar-refractivity contribution in [3.63, 3.8) is 0 Å². The van der Waals surface area contributed by atoms with Crippen LogP contribution >= 0.6 is 0 Å². The fourth-order valence-corrected chi connectivity index (χ4v) is 1.24. The number of aromatic nitrogens is 2. The smallest absolute Gasteiger partial charge is 0.149 e. The molecule has 0 saturated heterocycles. The Hall–Kier alpha value is -1.36. The molecule has 0 saturated carbocycles. The van der Waals surface area contributed by atoms with Gasteiger partial charge in [0.05, 0.1) is 0 Å². The van der Waals surface area contributed by atoms with E-state index < -0.39 is 0 Å². The summed E-state index contributed by atoms with van der Waals surface area (Å²) in [5.74, 6) is 2.14. The van der Waals surface area contributed by atoms with Crippen LogP contribution in [-0.2, 0) is 6.42 Å². The fraction of sp³-hybridized carbons (Fsp3) is 0.600. The maximum atomic E-state index is 5.82. The van der Waals surface area contributed by atoms with E-state index in [0.29, 0.717) is 5.82 Å². The van der Waals surface area contributed by atoms with Crippen molar-refractivity contribution in [3.8, 4) is 0 Å². The number of nitrogens with two attached hydrogens (primary N) is 1. The number of nitrogen functional groups attached to an aromatic ring is 1. The standard InChI is InChI=1S/C10H19N5/c1-5-6-8-12-9(11)7(2)10(13-8)14-15(3)4/h5-6H2,1-4H3,(H3,11,12,13,14). The zero-order valence-corrected chi connectivity index (χ0v) is 9.83. The SMILES string of the molecule is CCCc1nc(N)c(C)c(NN(C)C)n1. The summed E-state index contributed by atoms with van der Waals surface area (Å²) in [7, 11) is 3.83. The summed E-state index contributed by atoms with van der Waals surface area (Å²) >= 11 is 0. The summed E-state index contributed by atoms with van der Waals surface area (Å²) in [5, 5.41) is 1.84. The van der Waals surface area contributed by atoms with Crippen LogP contribution in [-0.4, -0.2) is 29.1 Å². The number of hydrogen-bond donors (Lipinski definition) is 2. The lowest BCUT2D eigenvalue weighted by molar-refractivity contribution is 0.491. The molecule has 0 aliphatic heterocycles. The molecule has 5 nitrogen and oxygen atoms in total. The van der Waals surface area contributed by atoms with Gasteiger partial charge in [-0.1, -0.05) is 6.92 Å². The Morgan fingerprint density at radius 1 is 1.33 bits per heavy atom. The Balaban J connectivity index is 3.01. The number of aryl methyl sites for hydroxylation is 1. The zero-order valence-electron chi connectivity index (χ0n) is 9.83. The lowest BCUT2D eigenvalue weighted by Crippen LogP contribution is -2.22. The number of nitrogens with zero attached hydrogens (tertiary/aromatic N) is 3. The van der Waals surface area contributed by atoms with Crippen molar-refractivity contribution in [2.75, 3.05) is 25.3 Å². The van der Waals surface area contributed by atoms with E-state index in [-0.39, 0.29) is 0 Å². The summed E-state index contributed by atoms with van der Waals surface area (Å²) in [6, 6.07) is 0. The predicted molar refractivity (Wildman–Crippen MR) is 62.5 cm³/mol. The van der Waals surface area contributed by atoms with Gasteiger partial charge in [-0.05, 0) is 13.3 Å². The summed E-state index contributed by atoms with van der Waals surface area (Å²) in [6.07, 6.45) is 1.87. The molecule has 1 aromatic heterocycles.